The topological polar surface area (TPSA) is 109 Å². The first-order valence-electron chi connectivity index (χ1n) is 10.1. The third-order valence-electron chi connectivity index (χ3n) is 5.66. The van der Waals surface area contributed by atoms with Gasteiger partial charge in [0.05, 0.1) is 5.75 Å². The Balaban J connectivity index is 1.24. The van der Waals surface area contributed by atoms with E-state index in [-0.39, 0.29) is 5.75 Å². The van der Waals surface area contributed by atoms with Crippen molar-refractivity contribution in [1.82, 2.24) is 30.5 Å². The van der Waals surface area contributed by atoms with Crippen LogP contribution in [0.1, 0.15) is 56.0 Å². The number of nitrogens with zero attached hydrogens (tertiary/aromatic N) is 4. The summed E-state index contributed by atoms with van der Waals surface area (Å²) in [5.74, 6) is 0.582. The Kier molecular flexibility index (Phi) is 4.53. The largest absolute Gasteiger partial charge is 0.344 e. The summed E-state index contributed by atoms with van der Waals surface area (Å²) >= 11 is 1.28. The van der Waals surface area contributed by atoms with Crippen molar-refractivity contribution in [3.05, 3.63) is 41.7 Å². The quantitative estimate of drug-likeness (QED) is 0.518. The molecule has 2 N–H and O–H groups in total. The second-order valence-electron chi connectivity index (χ2n) is 8.10. The molecule has 1 aliphatic heterocycles. The van der Waals surface area contributed by atoms with Crippen LogP contribution in [0, 0.1) is 0 Å². The van der Waals surface area contributed by atoms with Crippen molar-refractivity contribution in [2.75, 3.05) is 5.75 Å². The van der Waals surface area contributed by atoms with Crippen LogP contribution < -0.4 is 10.7 Å². The second kappa shape index (κ2) is 7.12. The summed E-state index contributed by atoms with van der Waals surface area (Å²) in [5.41, 5.74) is 1.87. The van der Waals surface area contributed by atoms with Gasteiger partial charge in [0.25, 0.3) is 5.91 Å². The first kappa shape index (κ1) is 19.1. The van der Waals surface area contributed by atoms with E-state index in [9.17, 15) is 14.4 Å². The molecule has 1 aromatic carbocycles. The second-order valence-corrected chi connectivity index (χ2v) is 9.04. The minimum absolute atomic E-state index is 0.0363. The highest BCUT2D eigenvalue weighted by atomic mass is 32.2. The zero-order chi connectivity index (χ0) is 20.9. The predicted molar refractivity (Wildman–Crippen MR) is 108 cm³/mol. The Labute approximate surface area is 177 Å². The molecule has 156 valence electrons. The highest BCUT2D eigenvalue weighted by molar-refractivity contribution is 7.99. The van der Waals surface area contributed by atoms with E-state index in [1.165, 1.54) is 11.8 Å². The maximum absolute atomic E-state index is 12.9. The van der Waals surface area contributed by atoms with Crippen LogP contribution in [0.3, 0.4) is 0 Å². The van der Waals surface area contributed by atoms with Gasteiger partial charge in [-0.15, -0.1) is 10.2 Å². The van der Waals surface area contributed by atoms with Gasteiger partial charge in [0.1, 0.15) is 11.4 Å². The van der Waals surface area contributed by atoms with E-state index in [2.05, 4.69) is 25.5 Å². The number of thioether (sulfide) groups is 1. The maximum atomic E-state index is 12.9. The van der Waals surface area contributed by atoms with Gasteiger partial charge in [-0.25, -0.2) is 4.79 Å². The number of carbonyl (C=O) groups is 3. The number of aromatic nitrogens is 3. The molecule has 0 bridgehead atoms. The van der Waals surface area contributed by atoms with Crippen LogP contribution in [-0.2, 0) is 15.1 Å². The van der Waals surface area contributed by atoms with Gasteiger partial charge >= 0.3 is 6.03 Å². The van der Waals surface area contributed by atoms with Crippen LogP contribution in [-0.4, -0.2) is 43.4 Å². The van der Waals surface area contributed by atoms with E-state index in [1.807, 2.05) is 6.07 Å². The van der Waals surface area contributed by atoms with E-state index < -0.39 is 23.4 Å². The highest BCUT2D eigenvalue weighted by Gasteiger charge is 2.50. The molecule has 1 atom stereocenters. The van der Waals surface area contributed by atoms with Crippen molar-refractivity contribution in [2.45, 2.75) is 55.3 Å². The molecule has 4 amide bonds. The zero-order valence-corrected chi connectivity index (χ0v) is 17.3. The van der Waals surface area contributed by atoms with Gasteiger partial charge < -0.3 is 9.88 Å². The fourth-order valence-electron chi connectivity index (χ4n) is 3.68. The number of carbonyl (C=O) groups excluding carboxylic acids is 3. The summed E-state index contributed by atoms with van der Waals surface area (Å²) in [6, 6.07) is 8.73. The summed E-state index contributed by atoms with van der Waals surface area (Å²) in [4.78, 5) is 37.7. The minimum atomic E-state index is -1.22. The average molecular weight is 427 g/mol. The van der Waals surface area contributed by atoms with Gasteiger partial charge in [-0.05, 0) is 38.2 Å². The summed E-state index contributed by atoms with van der Waals surface area (Å²) in [6.07, 6.45) is 4.50. The smallest absolute Gasteiger partial charge is 0.318 e. The molecule has 0 unspecified atom stereocenters. The summed E-state index contributed by atoms with van der Waals surface area (Å²) in [7, 11) is 0. The number of amides is 4. The average Bonchev–Trinajstić information content (AvgIpc) is 3.68. The predicted octanol–water partition coefficient (Wildman–Crippen LogP) is 2.08. The lowest BCUT2D eigenvalue weighted by atomic mass is 9.92. The van der Waals surface area contributed by atoms with Gasteiger partial charge in [-0.1, -0.05) is 42.1 Å². The Bertz CT molecular complexity index is 1020. The number of urea groups is 1. The number of nitrogens with one attached hydrogen (secondary N) is 2. The van der Waals surface area contributed by atoms with E-state index in [4.69, 9.17) is 0 Å². The van der Waals surface area contributed by atoms with Crippen molar-refractivity contribution in [3.63, 3.8) is 0 Å². The third kappa shape index (κ3) is 3.34. The van der Waals surface area contributed by atoms with Gasteiger partial charge in [-0.3, -0.25) is 15.0 Å². The molecular formula is C20H22N6O3S. The molecule has 1 aromatic heterocycles. The van der Waals surface area contributed by atoms with Gasteiger partial charge in [0.2, 0.25) is 5.91 Å². The summed E-state index contributed by atoms with van der Waals surface area (Å²) in [6.45, 7) is 1.63. The first-order valence-corrected chi connectivity index (χ1v) is 11.1. The zero-order valence-electron chi connectivity index (χ0n) is 16.5. The maximum Gasteiger partial charge on any atom is 0.344 e. The molecule has 1 saturated heterocycles. The van der Waals surface area contributed by atoms with E-state index >= 15 is 0 Å². The van der Waals surface area contributed by atoms with Gasteiger partial charge in [0, 0.05) is 12.0 Å². The molecule has 3 aliphatic rings. The van der Waals surface area contributed by atoms with Crippen molar-refractivity contribution < 1.29 is 14.4 Å². The standard InChI is InChI=1S/C20H22N6O3S/c1-20(13-5-3-2-4-6-13)17(28)26(18(29)21-20)24-15(27)11-30-19-23-22-16(12-7-8-12)25(19)14-9-10-14/h2-6,12,14H,7-11H2,1H3,(H,21,29)(H,24,27)/t20-/m1/s1. The monoisotopic (exact) mass is 426 g/mol. The normalized spacial score (nSPS) is 23.6. The van der Waals surface area contributed by atoms with E-state index in [1.54, 1.807) is 31.2 Å². The highest BCUT2D eigenvalue weighted by Crippen LogP contribution is 2.46. The van der Waals surface area contributed by atoms with Crippen LogP contribution in [0.5, 0.6) is 0 Å². The number of imide groups is 1. The molecule has 0 radical (unpaired) electrons. The van der Waals surface area contributed by atoms with Gasteiger partial charge in [0.15, 0.2) is 5.16 Å². The van der Waals surface area contributed by atoms with E-state index in [0.29, 0.717) is 17.5 Å². The lowest BCUT2D eigenvalue weighted by molar-refractivity contribution is -0.138. The van der Waals surface area contributed by atoms with Crippen LogP contribution in [0.15, 0.2) is 35.5 Å². The fraction of sp³-hybridized carbons (Fsp3) is 0.450. The van der Waals surface area contributed by atoms with Crippen LogP contribution >= 0.6 is 11.8 Å². The summed E-state index contributed by atoms with van der Waals surface area (Å²) < 4.78 is 2.16. The SMILES string of the molecule is C[C@]1(c2ccccc2)NC(=O)N(NC(=O)CSc2nnc(C3CC3)n2C2CC2)C1=O. The molecule has 2 aromatic rings. The molecule has 0 spiro atoms. The van der Waals surface area contributed by atoms with Crippen LogP contribution in [0.2, 0.25) is 0 Å². The van der Waals surface area contributed by atoms with Crippen molar-refractivity contribution in [1.29, 1.82) is 0 Å². The molecule has 3 fully saturated rings. The summed E-state index contributed by atoms with van der Waals surface area (Å²) in [5, 5.41) is 12.8. The Morgan fingerprint density at radius 3 is 2.60 bits per heavy atom. The van der Waals surface area contributed by atoms with Crippen molar-refractivity contribution in [3.8, 4) is 0 Å². The molecule has 9 nitrogen and oxygen atoms in total. The number of hydrogen-bond acceptors (Lipinski definition) is 6. The molecule has 10 heteroatoms. The number of benzene rings is 1. The van der Waals surface area contributed by atoms with Crippen LogP contribution in [0.4, 0.5) is 4.79 Å². The lowest BCUT2D eigenvalue weighted by Gasteiger charge is -2.22. The van der Waals surface area contributed by atoms with E-state index in [0.717, 1.165) is 41.7 Å². The van der Waals surface area contributed by atoms with Gasteiger partial charge in [-0.2, -0.15) is 5.01 Å². The molecule has 2 aliphatic carbocycles. The first-order chi connectivity index (χ1) is 14.5. The molecule has 5 rings (SSSR count). The number of rotatable bonds is 7. The van der Waals surface area contributed by atoms with Crippen LogP contribution in [0.25, 0.3) is 0 Å². The third-order valence-corrected chi connectivity index (χ3v) is 6.60. The van der Waals surface area contributed by atoms with Crippen molar-refractivity contribution >= 4 is 29.6 Å². The molecule has 2 saturated carbocycles. The number of hydrazine groups is 1. The molecular weight excluding hydrogens is 404 g/mol. The fourth-order valence-corrected chi connectivity index (χ4v) is 4.48. The number of hydrogen-bond donors (Lipinski definition) is 2. The minimum Gasteiger partial charge on any atom is -0.318 e. The van der Waals surface area contributed by atoms with Crippen molar-refractivity contribution in [2.24, 2.45) is 0 Å². The lowest BCUT2D eigenvalue weighted by Crippen LogP contribution is -2.48. The Hall–Kier alpha value is -2.88. The Morgan fingerprint density at radius 1 is 1.20 bits per heavy atom. The molecule has 2 heterocycles. The molecule has 30 heavy (non-hydrogen) atoms. The Morgan fingerprint density at radius 2 is 1.93 bits per heavy atom.